The molecule has 6 nitrogen and oxygen atoms in total. The van der Waals surface area contributed by atoms with Crippen LogP contribution in [0, 0.1) is 5.82 Å². The quantitative estimate of drug-likeness (QED) is 0.704. The first-order valence-electron chi connectivity index (χ1n) is 10.1. The van der Waals surface area contributed by atoms with Gasteiger partial charge in [-0.1, -0.05) is 12.1 Å². The lowest BCUT2D eigenvalue weighted by Gasteiger charge is -2.30. The molecule has 28 heavy (non-hydrogen) atoms. The number of hydrogen-bond donors (Lipinski definition) is 1. The molecule has 7 heteroatoms. The van der Waals surface area contributed by atoms with Crippen molar-refractivity contribution in [1.29, 1.82) is 0 Å². The summed E-state index contributed by atoms with van der Waals surface area (Å²) < 4.78 is 27.3. The van der Waals surface area contributed by atoms with Gasteiger partial charge in [-0.05, 0) is 30.9 Å². The Morgan fingerprint density at radius 2 is 2.29 bits per heavy atom. The van der Waals surface area contributed by atoms with Crippen LogP contribution in [0.3, 0.4) is 0 Å². The molecule has 0 spiro atoms. The van der Waals surface area contributed by atoms with Crippen molar-refractivity contribution in [2.45, 2.75) is 44.5 Å². The van der Waals surface area contributed by atoms with Crippen molar-refractivity contribution >= 4 is 16.8 Å². The zero-order chi connectivity index (χ0) is 19.5. The third kappa shape index (κ3) is 4.06. The number of amides is 1. The van der Waals surface area contributed by atoms with Crippen molar-refractivity contribution in [1.82, 2.24) is 14.8 Å². The van der Waals surface area contributed by atoms with Gasteiger partial charge in [0.1, 0.15) is 11.9 Å². The number of hydrogen-bond acceptors (Lipinski definition) is 4. The molecule has 1 saturated carbocycles. The highest BCUT2D eigenvalue weighted by molar-refractivity contribution is 5.86. The van der Waals surface area contributed by atoms with Crippen molar-refractivity contribution in [3.05, 3.63) is 35.8 Å². The van der Waals surface area contributed by atoms with E-state index in [1.807, 2.05) is 21.7 Å². The topological polar surface area (TPSA) is 55.7 Å². The normalized spacial score (nSPS) is 19.9. The number of morpholine rings is 1. The number of aryl methyl sites for hydroxylation is 1. The highest BCUT2D eigenvalue weighted by Gasteiger charge is 2.37. The van der Waals surface area contributed by atoms with Crippen LogP contribution in [-0.4, -0.2) is 60.9 Å². The number of methoxy groups -OCH3 is 1. The molecule has 2 heterocycles. The molecule has 1 aromatic carbocycles. The SMILES string of the molecule is COCCCn1cc(CN(C(=O)[C@H]2CNCCO2)C2CC2)c2cccc(F)c21. The molecule has 2 aromatic rings. The van der Waals surface area contributed by atoms with Gasteiger partial charge in [-0.25, -0.2) is 4.39 Å². The maximum atomic E-state index is 14.6. The fourth-order valence-electron chi connectivity index (χ4n) is 3.94. The van der Waals surface area contributed by atoms with E-state index in [1.54, 1.807) is 13.2 Å². The van der Waals surface area contributed by atoms with E-state index in [-0.39, 0.29) is 17.8 Å². The van der Waals surface area contributed by atoms with Gasteiger partial charge in [0.05, 0.1) is 12.1 Å². The molecule has 1 N–H and O–H groups in total. The molecule has 2 aliphatic rings. The maximum Gasteiger partial charge on any atom is 0.253 e. The Kier molecular flexibility index (Phi) is 5.94. The van der Waals surface area contributed by atoms with Gasteiger partial charge >= 0.3 is 0 Å². The van der Waals surface area contributed by atoms with Crippen LogP contribution in [0.15, 0.2) is 24.4 Å². The Bertz CT molecular complexity index is 828. The zero-order valence-electron chi connectivity index (χ0n) is 16.3. The van der Waals surface area contributed by atoms with Gasteiger partial charge in [0, 0.05) is 57.5 Å². The van der Waals surface area contributed by atoms with Crippen LogP contribution < -0.4 is 5.32 Å². The summed E-state index contributed by atoms with van der Waals surface area (Å²) in [6.07, 6.45) is 4.41. The number of carbonyl (C=O) groups is 1. The number of fused-ring (bicyclic) bond motifs is 1. The molecule has 0 bridgehead atoms. The number of benzene rings is 1. The predicted molar refractivity (Wildman–Crippen MR) is 105 cm³/mol. The number of rotatable bonds is 8. The maximum absolute atomic E-state index is 14.6. The molecule has 1 atom stereocenters. The summed E-state index contributed by atoms with van der Waals surface area (Å²) in [6, 6.07) is 5.43. The van der Waals surface area contributed by atoms with E-state index in [0.717, 1.165) is 36.8 Å². The van der Waals surface area contributed by atoms with Crippen LogP contribution >= 0.6 is 0 Å². The van der Waals surface area contributed by atoms with Gasteiger partial charge in [-0.15, -0.1) is 0 Å². The highest BCUT2D eigenvalue weighted by atomic mass is 19.1. The molecule has 1 saturated heterocycles. The van der Waals surface area contributed by atoms with Crippen molar-refractivity contribution in [3.63, 3.8) is 0 Å². The summed E-state index contributed by atoms with van der Waals surface area (Å²) in [5.41, 5.74) is 1.59. The molecule has 1 aliphatic carbocycles. The molecule has 1 aliphatic heterocycles. The fraction of sp³-hybridized carbons (Fsp3) is 0.571. The second-order valence-electron chi connectivity index (χ2n) is 7.59. The number of ether oxygens (including phenoxy) is 2. The summed E-state index contributed by atoms with van der Waals surface area (Å²) in [6.45, 7) is 3.68. The Labute approximate surface area is 164 Å². The monoisotopic (exact) mass is 389 g/mol. The number of nitrogens with one attached hydrogen (secondary N) is 1. The number of carbonyl (C=O) groups excluding carboxylic acids is 1. The van der Waals surface area contributed by atoms with E-state index in [1.165, 1.54) is 6.07 Å². The average molecular weight is 389 g/mol. The van der Waals surface area contributed by atoms with Crippen molar-refractivity contribution in [2.75, 3.05) is 33.4 Å². The van der Waals surface area contributed by atoms with E-state index < -0.39 is 6.10 Å². The lowest BCUT2D eigenvalue weighted by atomic mass is 10.1. The van der Waals surface area contributed by atoms with Gasteiger partial charge in [-0.2, -0.15) is 0 Å². The van der Waals surface area contributed by atoms with Crippen LogP contribution in [0.25, 0.3) is 10.9 Å². The van der Waals surface area contributed by atoms with Gasteiger partial charge in [-0.3, -0.25) is 4.79 Å². The second-order valence-corrected chi connectivity index (χ2v) is 7.59. The van der Waals surface area contributed by atoms with Crippen molar-refractivity contribution < 1.29 is 18.7 Å². The van der Waals surface area contributed by atoms with E-state index in [2.05, 4.69) is 5.32 Å². The van der Waals surface area contributed by atoms with Gasteiger partial charge in [0.15, 0.2) is 0 Å². The van der Waals surface area contributed by atoms with Gasteiger partial charge in [0.2, 0.25) is 0 Å². The van der Waals surface area contributed by atoms with Crippen LogP contribution in [0.5, 0.6) is 0 Å². The van der Waals surface area contributed by atoms with Gasteiger partial charge in [0.25, 0.3) is 5.91 Å². The number of aromatic nitrogens is 1. The molecule has 4 rings (SSSR count). The smallest absolute Gasteiger partial charge is 0.253 e. The minimum atomic E-state index is -0.430. The van der Waals surface area contributed by atoms with Crippen molar-refractivity contribution in [2.24, 2.45) is 0 Å². The molecule has 1 amide bonds. The first-order valence-corrected chi connectivity index (χ1v) is 10.1. The molecular weight excluding hydrogens is 361 g/mol. The molecule has 2 fully saturated rings. The minimum Gasteiger partial charge on any atom is -0.385 e. The summed E-state index contributed by atoms with van der Waals surface area (Å²) in [5.74, 6) is -0.198. The van der Waals surface area contributed by atoms with E-state index >= 15 is 0 Å². The lowest BCUT2D eigenvalue weighted by molar-refractivity contribution is -0.146. The van der Waals surface area contributed by atoms with Crippen molar-refractivity contribution in [3.8, 4) is 0 Å². The fourth-order valence-corrected chi connectivity index (χ4v) is 3.94. The molecular formula is C21H28FN3O3. The Morgan fingerprint density at radius 3 is 3.00 bits per heavy atom. The second kappa shape index (κ2) is 8.59. The van der Waals surface area contributed by atoms with E-state index in [0.29, 0.717) is 38.4 Å². The summed E-state index contributed by atoms with van der Waals surface area (Å²) in [4.78, 5) is 15.0. The highest BCUT2D eigenvalue weighted by Crippen LogP contribution is 2.32. The third-order valence-corrected chi connectivity index (χ3v) is 5.49. The van der Waals surface area contributed by atoms with Gasteiger partial charge < -0.3 is 24.3 Å². The van der Waals surface area contributed by atoms with E-state index in [9.17, 15) is 9.18 Å². The van der Waals surface area contributed by atoms with Crippen LogP contribution in [-0.2, 0) is 27.4 Å². The standard InChI is InChI=1S/C21H28FN3O3/c1-27-10-3-9-24-13-15(17-4-2-5-18(22)20(17)24)14-25(16-6-7-16)21(26)19-12-23-8-11-28-19/h2,4-5,13,16,19,23H,3,6-12,14H2,1H3/t19-/m1/s1. The Hall–Kier alpha value is -1.96. The average Bonchev–Trinajstić information content (AvgIpc) is 3.50. The number of halogens is 1. The summed E-state index contributed by atoms with van der Waals surface area (Å²) >= 11 is 0. The van der Waals surface area contributed by atoms with Crippen LogP contribution in [0.2, 0.25) is 0 Å². The third-order valence-electron chi connectivity index (χ3n) is 5.49. The summed E-state index contributed by atoms with van der Waals surface area (Å²) in [7, 11) is 1.67. The first-order chi connectivity index (χ1) is 13.7. The van der Waals surface area contributed by atoms with E-state index in [4.69, 9.17) is 9.47 Å². The van der Waals surface area contributed by atoms with Crippen LogP contribution in [0.1, 0.15) is 24.8 Å². The summed E-state index contributed by atoms with van der Waals surface area (Å²) in [5, 5.41) is 4.10. The predicted octanol–water partition coefficient (Wildman–Crippen LogP) is 2.30. The largest absolute Gasteiger partial charge is 0.385 e. The first kappa shape index (κ1) is 19.4. The molecule has 152 valence electrons. The number of para-hydroxylation sites is 1. The molecule has 0 unspecified atom stereocenters. The Morgan fingerprint density at radius 1 is 1.43 bits per heavy atom. The minimum absolute atomic E-state index is 0.0337. The van der Waals surface area contributed by atoms with Crippen LogP contribution in [0.4, 0.5) is 4.39 Å². The molecule has 0 radical (unpaired) electrons. The Balaban J connectivity index is 1.60. The number of nitrogens with zero attached hydrogens (tertiary/aromatic N) is 2. The molecule has 1 aromatic heterocycles. The zero-order valence-corrected chi connectivity index (χ0v) is 16.3. The lowest BCUT2D eigenvalue weighted by Crippen LogP contribution is -2.49.